The Morgan fingerprint density at radius 1 is 1.50 bits per heavy atom. The molecular weight excluding hydrogens is 302 g/mol. The number of alkyl halides is 2. The number of benzene rings is 1. The van der Waals surface area contributed by atoms with E-state index in [0.29, 0.717) is 0 Å². The lowest BCUT2D eigenvalue weighted by Gasteiger charge is -2.12. The first-order chi connectivity index (χ1) is 10.5. The van der Waals surface area contributed by atoms with E-state index < -0.39 is 17.4 Å². The van der Waals surface area contributed by atoms with E-state index in [4.69, 9.17) is 0 Å². The Balaban J connectivity index is 2.20. The van der Waals surface area contributed by atoms with Crippen LogP contribution in [0, 0.1) is 10.1 Å². The van der Waals surface area contributed by atoms with Gasteiger partial charge in [-0.05, 0) is 6.07 Å². The number of halogens is 2. The number of carbonyl (C=O) groups is 1. The number of nitrogens with one attached hydrogen (secondary N) is 1. The summed E-state index contributed by atoms with van der Waals surface area (Å²) >= 11 is 0. The van der Waals surface area contributed by atoms with E-state index in [1.165, 1.54) is 23.3 Å². The molecule has 1 aromatic heterocycles. The maximum atomic E-state index is 12.3. The van der Waals surface area contributed by atoms with Gasteiger partial charge in [0.05, 0.1) is 16.9 Å². The van der Waals surface area contributed by atoms with Crippen LogP contribution >= 0.6 is 0 Å². The van der Waals surface area contributed by atoms with Crippen molar-refractivity contribution in [2.75, 3.05) is 5.32 Å². The molecule has 0 unspecified atom stereocenters. The van der Waals surface area contributed by atoms with Gasteiger partial charge >= 0.3 is 6.61 Å². The average molecular weight is 312 g/mol. The standard InChI is InChI=1S/C12H10F2N4O4/c13-12(14)22-10-2-1-8(18(20)21)5-9(10)16-11(19)6-17-4-3-15-7-17/h1-5,7,12H,6H2,(H,16,19). The maximum absolute atomic E-state index is 12.3. The Labute approximate surface area is 122 Å². The van der Waals surface area contributed by atoms with Gasteiger partial charge in [-0.2, -0.15) is 8.78 Å². The summed E-state index contributed by atoms with van der Waals surface area (Å²) in [7, 11) is 0. The highest BCUT2D eigenvalue weighted by atomic mass is 19.3. The number of hydrogen-bond donors (Lipinski definition) is 1. The molecule has 1 N–H and O–H groups in total. The molecule has 0 spiro atoms. The van der Waals surface area contributed by atoms with Gasteiger partial charge in [0, 0.05) is 24.5 Å². The molecule has 2 aromatic rings. The van der Waals surface area contributed by atoms with Gasteiger partial charge in [0.25, 0.3) is 5.69 Å². The monoisotopic (exact) mass is 312 g/mol. The second-order valence-electron chi connectivity index (χ2n) is 4.10. The third-order valence-electron chi connectivity index (χ3n) is 2.55. The smallest absolute Gasteiger partial charge is 0.387 e. The molecule has 10 heteroatoms. The van der Waals surface area contributed by atoms with Crippen LogP contribution in [0.1, 0.15) is 0 Å². The van der Waals surface area contributed by atoms with Gasteiger partial charge in [0.1, 0.15) is 12.3 Å². The van der Waals surface area contributed by atoms with E-state index in [-0.39, 0.29) is 23.7 Å². The van der Waals surface area contributed by atoms with Crippen molar-refractivity contribution in [1.29, 1.82) is 0 Å². The molecule has 1 heterocycles. The number of nitrogens with zero attached hydrogens (tertiary/aromatic N) is 3. The van der Waals surface area contributed by atoms with Gasteiger partial charge in [0.15, 0.2) is 0 Å². The van der Waals surface area contributed by atoms with Crippen molar-refractivity contribution in [3.63, 3.8) is 0 Å². The van der Waals surface area contributed by atoms with Crippen LogP contribution in [0.5, 0.6) is 5.75 Å². The zero-order valence-electron chi connectivity index (χ0n) is 11.0. The van der Waals surface area contributed by atoms with Crippen molar-refractivity contribution in [2.45, 2.75) is 13.2 Å². The number of amides is 1. The molecule has 0 aliphatic heterocycles. The van der Waals surface area contributed by atoms with Gasteiger partial charge in [0.2, 0.25) is 5.91 Å². The zero-order valence-corrected chi connectivity index (χ0v) is 11.0. The van der Waals surface area contributed by atoms with Crippen molar-refractivity contribution in [1.82, 2.24) is 9.55 Å². The van der Waals surface area contributed by atoms with Crippen LogP contribution in [0.4, 0.5) is 20.2 Å². The zero-order chi connectivity index (χ0) is 16.1. The number of imidazole rings is 1. The van der Waals surface area contributed by atoms with E-state index in [1.807, 2.05) is 0 Å². The number of aromatic nitrogens is 2. The third kappa shape index (κ3) is 3.98. The molecule has 8 nitrogen and oxygen atoms in total. The van der Waals surface area contributed by atoms with E-state index in [0.717, 1.165) is 18.2 Å². The first kappa shape index (κ1) is 15.4. The number of non-ortho nitro benzene ring substituents is 1. The number of hydrogen-bond acceptors (Lipinski definition) is 5. The highest BCUT2D eigenvalue weighted by Crippen LogP contribution is 2.30. The molecule has 1 aromatic carbocycles. The van der Waals surface area contributed by atoms with Crippen molar-refractivity contribution in [3.8, 4) is 5.75 Å². The lowest BCUT2D eigenvalue weighted by Crippen LogP contribution is -2.19. The Bertz CT molecular complexity index is 676. The first-order valence-electron chi connectivity index (χ1n) is 5.94. The number of ether oxygens (including phenoxy) is 1. The minimum atomic E-state index is -3.12. The van der Waals surface area contributed by atoms with Crippen LogP contribution in [-0.2, 0) is 11.3 Å². The second kappa shape index (κ2) is 6.61. The van der Waals surface area contributed by atoms with Crippen LogP contribution in [0.25, 0.3) is 0 Å². The molecule has 0 saturated heterocycles. The van der Waals surface area contributed by atoms with Gasteiger partial charge in [-0.3, -0.25) is 14.9 Å². The predicted molar refractivity (Wildman–Crippen MR) is 70.6 cm³/mol. The number of rotatable bonds is 6. The Hall–Kier alpha value is -3.04. The molecule has 22 heavy (non-hydrogen) atoms. The lowest BCUT2D eigenvalue weighted by atomic mass is 10.2. The number of nitro benzene ring substituents is 1. The fourth-order valence-electron chi connectivity index (χ4n) is 1.66. The van der Waals surface area contributed by atoms with Gasteiger partial charge in [-0.1, -0.05) is 0 Å². The van der Waals surface area contributed by atoms with Crippen molar-refractivity contribution in [3.05, 3.63) is 47.0 Å². The van der Waals surface area contributed by atoms with Crippen molar-refractivity contribution < 1.29 is 23.2 Å². The van der Waals surface area contributed by atoms with E-state index >= 15 is 0 Å². The molecule has 0 bridgehead atoms. The van der Waals surface area contributed by atoms with Crippen LogP contribution in [0.2, 0.25) is 0 Å². The average Bonchev–Trinajstić information content (AvgIpc) is 2.92. The molecule has 2 rings (SSSR count). The minimum Gasteiger partial charge on any atom is -0.433 e. The molecule has 0 fully saturated rings. The fraction of sp³-hybridized carbons (Fsp3) is 0.167. The largest absolute Gasteiger partial charge is 0.433 e. The predicted octanol–water partition coefficient (Wildman–Crippen LogP) is 2.03. The SMILES string of the molecule is O=C(Cn1ccnc1)Nc1cc([N+](=O)[O-])ccc1OC(F)F. The quantitative estimate of drug-likeness (QED) is 0.650. The van der Waals surface area contributed by atoms with Crippen LogP contribution in [-0.4, -0.2) is 27.0 Å². The third-order valence-corrected chi connectivity index (χ3v) is 2.55. The van der Waals surface area contributed by atoms with E-state index in [1.54, 1.807) is 0 Å². The van der Waals surface area contributed by atoms with Gasteiger partial charge < -0.3 is 14.6 Å². The normalized spacial score (nSPS) is 10.5. The Morgan fingerprint density at radius 3 is 2.86 bits per heavy atom. The highest BCUT2D eigenvalue weighted by molar-refractivity contribution is 5.92. The molecule has 0 aliphatic carbocycles. The highest BCUT2D eigenvalue weighted by Gasteiger charge is 2.16. The van der Waals surface area contributed by atoms with E-state index in [9.17, 15) is 23.7 Å². The summed E-state index contributed by atoms with van der Waals surface area (Å²) in [6.45, 7) is -3.25. The molecule has 0 radical (unpaired) electrons. The van der Waals surface area contributed by atoms with Crippen LogP contribution < -0.4 is 10.1 Å². The minimum absolute atomic E-state index is 0.128. The first-order valence-corrected chi connectivity index (χ1v) is 5.94. The van der Waals surface area contributed by atoms with Crippen LogP contribution in [0.3, 0.4) is 0 Å². The molecule has 0 aliphatic rings. The summed E-state index contributed by atoms with van der Waals surface area (Å²) in [4.78, 5) is 25.6. The summed E-state index contributed by atoms with van der Waals surface area (Å²) < 4.78 is 30.3. The molecule has 1 amide bonds. The second-order valence-corrected chi connectivity index (χ2v) is 4.10. The molecule has 0 saturated carbocycles. The molecule has 0 atom stereocenters. The van der Waals surface area contributed by atoms with Gasteiger partial charge in [-0.15, -0.1) is 0 Å². The maximum Gasteiger partial charge on any atom is 0.387 e. The van der Waals surface area contributed by atoms with E-state index in [2.05, 4.69) is 15.0 Å². The summed E-state index contributed by atoms with van der Waals surface area (Å²) in [6, 6.07) is 2.95. The Morgan fingerprint density at radius 2 is 2.27 bits per heavy atom. The number of anilines is 1. The van der Waals surface area contributed by atoms with Crippen LogP contribution in [0.15, 0.2) is 36.9 Å². The Kier molecular flexibility index (Phi) is 4.61. The lowest BCUT2D eigenvalue weighted by molar-refractivity contribution is -0.384. The summed E-state index contributed by atoms with van der Waals surface area (Å²) in [6.07, 6.45) is 4.39. The van der Waals surface area contributed by atoms with Crippen molar-refractivity contribution in [2.24, 2.45) is 0 Å². The number of carbonyl (C=O) groups excluding carboxylic acids is 1. The number of nitro groups is 1. The summed E-state index contributed by atoms with van der Waals surface area (Å²) in [5, 5.41) is 13.0. The summed E-state index contributed by atoms with van der Waals surface area (Å²) in [5.74, 6) is -0.933. The molecule has 116 valence electrons. The topological polar surface area (TPSA) is 99.3 Å². The fourth-order valence-corrected chi connectivity index (χ4v) is 1.66. The molecular formula is C12H10F2N4O4. The summed E-state index contributed by atoms with van der Waals surface area (Å²) in [5.41, 5.74) is -0.570. The van der Waals surface area contributed by atoms with Gasteiger partial charge in [-0.25, -0.2) is 4.98 Å². The van der Waals surface area contributed by atoms with Crippen molar-refractivity contribution >= 4 is 17.3 Å².